The summed E-state index contributed by atoms with van der Waals surface area (Å²) in [4.78, 5) is 8.25. The summed E-state index contributed by atoms with van der Waals surface area (Å²) in [6.45, 7) is 0. The number of nitrogens with zero attached hydrogens (tertiary/aromatic N) is 4. The first kappa shape index (κ1) is 12.6. The van der Waals surface area contributed by atoms with Crippen LogP contribution >= 0.6 is 11.6 Å². The Bertz CT molecular complexity index is 710. The molecule has 6 heteroatoms. The van der Waals surface area contributed by atoms with Crippen molar-refractivity contribution in [2.45, 2.75) is 0 Å². The highest BCUT2D eigenvalue weighted by Gasteiger charge is 2.12. The second-order valence-electron chi connectivity index (χ2n) is 4.05. The van der Waals surface area contributed by atoms with Gasteiger partial charge >= 0.3 is 0 Å². The average Bonchev–Trinajstić information content (AvgIpc) is 2.90. The van der Waals surface area contributed by atoms with E-state index in [2.05, 4.69) is 15.1 Å². The first-order valence-corrected chi connectivity index (χ1v) is 6.33. The third-order valence-corrected chi connectivity index (χ3v) is 3.00. The maximum atomic E-state index is 5.94. The molecule has 20 heavy (non-hydrogen) atoms. The van der Waals surface area contributed by atoms with Crippen molar-refractivity contribution in [2.75, 3.05) is 7.11 Å². The molecular weight excluding hydrogens is 276 g/mol. The Morgan fingerprint density at radius 3 is 2.40 bits per heavy atom. The van der Waals surface area contributed by atoms with Crippen LogP contribution in [0.2, 0.25) is 5.28 Å². The molecule has 2 heterocycles. The minimum atomic E-state index is 0.202. The molecule has 5 nitrogen and oxygen atoms in total. The summed E-state index contributed by atoms with van der Waals surface area (Å²) in [5.74, 6) is 1.45. The molecule has 1 aromatic carbocycles. The fraction of sp³-hybridized carbons (Fsp3) is 0.0714. The van der Waals surface area contributed by atoms with E-state index in [0.29, 0.717) is 5.82 Å². The van der Waals surface area contributed by atoms with Crippen molar-refractivity contribution in [1.82, 2.24) is 19.7 Å². The van der Waals surface area contributed by atoms with Gasteiger partial charge in [0.25, 0.3) is 0 Å². The number of hydrogen-bond donors (Lipinski definition) is 0. The SMILES string of the molecule is COc1ccc(-n2nc(Cl)nc2-c2ccncc2)cc1. The Morgan fingerprint density at radius 2 is 1.75 bits per heavy atom. The lowest BCUT2D eigenvalue weighted by atomic mass is 10.2. The predicted octanol–water partition coefficient (Wildman–Crippen LogP) is 2.99. The fourth-order valence-electron chi connectivity index (χ4n) is 1.88. The number of ether oxygens (including phenoxy) is 1. The molecule has 3 rings (SSSR count). The fourth-order valence-corrected chi connectivity index (χ4v) is 2.03. The van der Waals surface area contributed by atoms with Crippen molar-refractivity contribution in [3.8, 4) is 22.8 Å². The molecule has 0 amide bonds. The summed E-state index contributed by atoms with van der Waals surface area (Å²) >= 11 is 5.94. The highest BCUT2D eigenvalue weighted by Crippen LogP contribution is 2.23. The van der Waals surface area contributed by atoms with Crippen molar-refractivity contribution >= 4 is 11.6 Å². The van der Waals surface area contributed by atoms with E-state index in [4.69, 9.17) is 16.3 Å². The molecule has 0 aliphatic rings. The summed E-state index contributed by atoms with van der Waals surface area (Å²) in [7, 11) is 1.63. The van der Waals surface area contributed by atoms with E-state index in [9.17, 15) is 0 Å². The van der Waals surface area contributed by atoms with E-state index in [1.54, 1.807) is 24.2 Å². The summed E-state index contributed by atoms with van der Waals surface area (Å²) in [5, 5.41) is 4.42. The van der Waals surface area contributed by atoms with Gasteiger partial charge in [0.15, 0.2) is 5.82 Å². The van der Waals surface area contributed by atoms with Crippen LogP contribution in [0.5, 0.6) is 5.75 Å². The van der Waals surface area contributed by atoms with Crippen molar-refractivity contribution in [2.24, 2.45) is 0 Å². The van der Waals surface area contributed by atoms with Crippen molar-refractivity contribution < 1.29 is 4.74 Å². The third-order valence-electron chi connectivity index (χ3n) is 2.84. The molecular formula is C14H11ClN4O. The lowest BCUT2D eigenvalue weighted by Gasteiger charge is -2.06. The predicted molar refractivity (Wildman–Crippen MR) is 76.2 cm³/mol. The molecule has 0 N–H and O–H groups in total. The molecule has 0 saturated carbocycles. The van der Waals surface area contributed by atoms with Crippen molar-refractivity contribution in [3.63, 3.8) is 0 Å². The number of methoxy groups -OCH3 is 1. The third kappa shape index (κ3) is 2.35. The van der Waals surface area contributed by atoms with Crippen LogP contribution in [0.25, 0.3) is 17.1 Å². The summed E-state index contributed by atoms with van der Waals surface area (Å²) < 4.78 is 6.84. The van der Waals surface area contributed by atoms with Gasteiger partial charge in [0.2, 0.25) is 5.28 Å². The van der Waals surface area contributed by atoms with Crippen molar-refractivity contribution in [3.05, 3.63) is 54.1 Å². The second-order valence-corrected chi connectivity index (χ2v) is 4.39. The van der Waals surface area contributed by atoms with E-state index in [1.807, 2.05) is 36.4 Å². The Labute approximate surface area is 120 Å². The average molecular weight is 287 g/mol. The summed E-state index contributed by atoms with van der Waals surface area (Å²) in [6, 6.07) is 11.2. The van der Waals surface area contributed by atoms with Gasteiger partial charge in [-0.15, -0.1) is 5.10 Å². The van der Waals surface area contributed by atoms with Crippen LogP contribution in [0.3, 0.4) is 0 Å². The van der Waals surface area contributed by atoms with Crippen molar-refractivity contribution in [1.29, 1.82) is 0 Å². The van der Waals surface area contributed by atoms with Gasteiger partial charge < -0.3 is 4.74 Å². The largest absolute Gasteiger partial charge is 0.497 e. The number of pyridine rings is 1. The highest BCUT2D eigenvalue weighted by molar-refractivity contribution is 6.28. The van der Waals surface area contributed by atoms with Crippen LogP contribution in [-0.4, -0.2) is 26.9 Å². The smallest absolute Gasteiger partial charge is 0.243 e. The summed E-state index contributed by atoms with van der Waals surface area (Å²) in [6.07, 6.45) is 3.41. The maximum absolute atomic E-state index is 5.94. The van der Waals surface area contributed by atoms with Gasteiger partial charge in [-0.25, -0.2) is 4.68 Å². The molecule has 2 aromatic heterocycles. The van der Waals surface area contributed by atoms with E-state index in [0.717, 1.165) is 17.0 Å². The maximum Gasteiger partial charge on any atom is 0.243 e. The van der Waals surface area contributed by atoms with E-state index >= 15 is 0 Å². The van der Waals surface area contributed by atoms with Gasteiger partial charge in [-0.1, -0.05) is 0 Å². The highest BCUT2D eigenvalue weighted by atomic mass is 35.5. The second kappa shape index (κ2) is 5.30. The molecule has 0 unspecified atom stereocenters. The molecule has 0 spiro atoms. The van der Waals surface area contributed by atoms with E-state index in [-0.39, 0.29) is 5.28 Å². The lowest BCUT2D eigenvalue weighted by Crippen LogP contribution is -1.99. The first-order chi connectivity index (χ1) is 9.78. The lowest BCUT2D eigenvalue weighted by molar-refractivity contribution is 0.414. The molecule has 3 aromatic rings. The molecule has 0 aliphatic carbocycles. The van der Waals surface area contributed by atoms with E-state index in [1.165, 1.54) is 0 Å². The molecule has 0 saturated heterocycles. The quantitative estimate of drug-likeness (QED) is 0.743. The Balaban J connectivity index is 2.09. The first-order valence-electron chi connectivity index (χ1n) is 5.95. The number of rotatable bonds is 3. The van der Waals surface area contributed by atoms with Crippen LogP contribution in [0, 0.1) is 0 Å². The molecule has 0 aliphatic heterocycles. The van der Waals surface area contributed by atoms with Gasteiger partial charge in [0.05, 0.1) is 12.8 Å². The normalized spacial score (nSPS) is 10.5. The van der Waals surface area contributed by atoms with Gasteiger partial charge in [-0.2, -0.15) is 4.98 Å². The van der Waals surface area contributed by atoms with Crippen LogP contribution in [0.15, 0.2) is 48.8 Å². The van der Waals surface area contributed by atoms with Crippen LogP contribution in [0.1, 0.15) is 0 Å². The van der Waals surface area contributed by atoms with Gasteiger partial charge in [0, 0.05) is 18.0 Å². The number of benzene rings is 1. The van der Waals surface area contributed by atoms with E-state index < -0.39 is 0 Å². The van der Waals surface area contributed by atoms with Gasteiger partial charge in [0.1, 0.15) is 5.75 Å². The zero-order valence-electron chi connectivity index (χ0n) is 10.7. The molecule has 0 atom stereocenters. The number of hydrogen-bond acceptors (Lipinski definition) is 4. The zero-order valence-corrected chi connectivity index (χ0v) is 11.4. The Kier molecular flexibility index (Phi) is 3.35. The minimum absolute atomic E-state index is 0.202. The Hall–Kier alpha value is -2.40. The topological polar surface area (TPSA) is 52.8 Å². The number of aromatic nitrogens is 4. The summed E-state index contributed by atoms with van der Waals surface area (Å²) in [5.41, 5.74) is 1.76. The molecule has 0 fully saturated rings. The Morgan fingerprint density at radius 1 is 1.05 bits per heavy atom. The van der Waals surface area contributed by atoms with Crippen LogP contribution in [0.4, 0.5) is 0 Å². The molecule has 0 bridgehead atoms. The molecule has 100 valence electrons. The standard InChI is InChI=1S/C14H11ClN4O/c1-20-12-4-2-11(3-5-12)19-13(17-14(15)18-19)10-6-8-16-9-7-10/h2-9H,1H3. The molecule has 0 radical (unpaired) electrons. The van der Waals surface area contributed by atoms with Gasteiger partial charge in [-0.05, 0) is 48.0 Å². The van der Waals surface area contributed by atoms with Crippen LogP contribution < -0.4 is 4.74 Å². The minimum Gasteiger partial charge on any atom is -0.497 e. The number of halogens is 1. The van der Waals surface area contributed by atoms with Crippen LogP contribution in [-0.2, 0) is 0 Å². The van der Waals surface area contributed by atoms with Gasteiger partial charge in [-0.3, -0.25) is 4.98 Å². The zero-order chi connectivity index (χ0) is 13.9. The monoisotopic (exact) mass is 286 g/mol.